The molecule has 0 radical (unpaired) electrons. The van der Waals surface area contributed by atoms with Crippen molar-refractivity contribution in [2.75, 3.05) is 39.5 Å². The number of hydrogen-bond acceptors (Lipinski definition) is 8. The molecule has 0 aliphatic rings. The van der Waals surface area contributed by atoms with Gasteiger partial charge in [-0.15, -0.1) is 0 Å². The van der Waals surface area contributed by atoms with Crippen molar-refractivity contribution in [3.8, 4) is 0 Å². The minimum Gasteiger partial charge on any atom is -0.462 e. The van der Waals surface area contributed by atoms with Gasteiger partial charge in [-0.1, -0.05) is 26.0 Å². The molecule has 0 bridgehead atoms. The minimum atomic E-state index is -0.506. The SMILES string of the molecule is C=CC(=O)OCCCOC(=O)NCCCCCCNC(=O)OCCCOC(=O)C=C. The molecule has 30 heavy (non-hydrogen) atoms. The molecule has 0 saturated heterocycles. The Morgan fingerprint density at radius 3 is 1.30 bits per heavy atom. The maximum absolute atomic E-state index is 11.4. The van der Waals surface area contributed by atoms with Crippen LogP contribution in [0.25, 0.3) is 0 Å². The fourth-order valence-electron chi connectivity index (χ4n) is 2.00. The van der Waals surface area contributed by atoms with E-state index >= 15 is 0 Å². The number of alkyl carbamates (subject to hydrolysis) is 2. The lowest BCUT2D eigenvalue weighted by Crippen LogP contribution is -2.26. The standard InChI is InChI=1S/C20H32N2O8/c1-3-17(23)27-13-9-15-29-19(25)21-11-7-5-6-8-12-22-20(26)30-16-10-14-28-18(24)4-2/h3-4H,1-2,5-16H2,(H,21,25)(H,22,26). The Morgan fingerprint density at radius 2 is 0.933 bits per heavy atom. The summed E-state index contributed by atoms with van der Waals surface area (Å²) in [6, 6.07) is 0. The molecular weight excluding hydrogens is 396 g/mol. The Hall–Kier alpha value is -3.04. The van der Waals surface area contributed by atoms with Gasteiger partial charge in [0, 0.05) is 38.1 Å². The van der Waals surface area contributed by atoms with Crippen molar-refractivity contribution in [3.63, 3.8) is 0 Å². The van der Waals surface area contributed by atoms with Gasteiger partial charge in [0.2, 0.25) is 0 Å². The molecule has 0 aromatic heterocycles. The summed E-state index contributed by atoms with van der Waals surface area (Å²) in [5.74, 6) is -1.01. The van der Waals surface area contributed by atoms with Crippen molar-refractivity contribution in [2.24, 2.45) is 0 Å². The number of carbonyl (C=O) groups is 4. The fraction of sp³-hybridized carbons (Fsp3) is 0.600. The Kier molecular flexibility index (Phi) is 17.3. The highest BCUT2D eigenvalue weighted by Gasteiger charge is 2.03. The molecule has 0 aromatic carbocycles. The van der Waals surface area contributed by atoms with Crippen LogP contribution in [0.1, 0.15) is 38.5 Å². The van der Waals surface area contributed by atoms with Crippen LogP contribution in [0.3, 0.4) is 0 Å². The van der Waals surface area contributed by atoms with Gasteiger partial charge >= 0.3 is 24.1 Å². The first-order valence-electron chi connectivity index (χ1n) is 9.89. The molecule has 2 amide bonds. The molecule has 0 aromatic rings. The third-order valence-corrected chi connectivity index (χ3v) is 3.51. The summed E-state index contributed by atoms with van der Waals surface area (Å²) in [7, 11) is 0. The summed E-state index contributed by atoms with van der Waals surface area (Å²) in [6.45, 7) is 8.21. The van der Waals surface area contributed by atoms with Gasteiger partial charge < -0.3 is 29.6 Å². The van der Waals surface area contributed by atoms with Gasteiger partial charge in [0.05, 0.1) is 26.4 Å². The largest absolute Gasteiger partial charge is 0.462 e. The zero-order chi connectivity index (χ0) is 22.5. The highest BCUT2D eigenvalue weighted by molar-refractivity contribution is 5.81. The second-order valence-corrected chi connectivity index (χ2v) is 5.99. The molecule has 2 N–H and O–H groups in total. The zero-order valence-corrected chi connectivity index (χ0v) is 17.3. The predicted octanol–water partition coefficient (Wildman–Crippen LogP) is 2.24. The smallest absolute Gasteiger partial charge is 0.407 e. The van der Waals surface area contributed by atoms with Crippen LogP contribution >= 0.6 is 0 Å². The summed E-state index contributed by atoms with van der Waals surface area (Å²) in [5.41, 5.74) is 0. The monoisotopic (exact) mass is 428 g/mol. The summed E-state index contributed by atoms with van der Waals surface area (Å²) in [5, 5.41) is 5.27. The molecule has 0 saturated carbocycles. The van der Waals surface area contributed by atoms with E-state index in [4.69, 9.17) is 18.9 Å². The van der Waals surface area contributed by atoms with Gasteiger partial charge in [0.1, 0.15) is 0 Å². The topological polar surface area (TPSA) is 129 Å². The number of nitrogens with one attached hydrogen (secondary N) is 2. The molecule has 0 unspecified atom stereocenters. The molecule has 0 aliphatic carbocycles. The van der Waals surface area contributed by atoms with Crippen LogP contribution in [0.4, 0.5) is 9.59 Å². The summed E-state index contributed by atoms with van der Waals surface area (Å²) in [6.07, 6.45) is 5.35. The van der Waals surface area contributed by atoms with Crippen molar-refractivity contribution in [1.29, 1.82) is 0 Å². The lowest BCUT2D eigenvalue weighted by atomic mass is 10.2. The van der Waals surface area contributed by atoms with Crippen molar-refractivity contribution >= 4 is 24.1 Å². The molecule has 10 nitrogen and oxygen atoms in total. The van der Waals surface area contributed by atoms with E-state index in [-0.39, 0.29) is 26.4 Å². The highest BCUT2D eigenvalue weighted by atomic mass is 16.6. The van der Waals surface area contributed by atoms with Crippen LogP contribution in [0.2, 0.25) is 0 Å². The van der Waals surface area contributed by atoms with Crippen LogP contribution in [0.5, 0.6) is 0 Å². The van der Waals surface area contributed by atoms with E-state index in [9.17, 15) is 19.2 Å². The molecule has 0 spiro atoms. The van der Waals surface area contributed by atoms with Gasteiger partial charge in [-0.3, -0.25) is 0 Å². The van der Waals surface area contributed by atoms with E-state index < -0.39 is 24.1 Å². The Balaban J connectivity index is 3.36. The molecule has 0 aliphatic heterocycles. The quantitative estimate of drug-likeness (QED) is 0.156. The van der Waals surface area contributed by atoms with E-state index in [1.165, 1.54) is 0 Å². The van der Waals surface area contributed by atoms with Crippen LogP contribution in [-0.4, -0.2) is 63.6 Å². The number of amides is 2. The van der Waals surface area contributed by atoms with E-state index in [0.717, 1.165) is 37.8 Å². The number of carbonyl (C=O) groups excluding carboxylic acids is 4. The van der Waals surface area contributed by atoms with Crippen LogP contribution in [-0.2, 0) is 28.5 Å². The Bertz CT molecular complexity index is 503. The first-order chi connectivity index (χ1) is 14.5. The average molecular weight is 428 g/mol. The van der Waals surface area contributed by atoms with Crippen molar-refractivity contribution < 1.29 is 38.1 Å². The van der Waals surface area contributed by atoms with Gasteiger partial charge in [0.25, 0.3) is 0 Å². The summed E-state index contributed by atoms with van der Waals surface area (Å²) >= 11 is 0. The number of ether oxygens (including phenoxy) is 4. The Labute approximate surface area is 176 Å². The average Bonchev–Trinajstić information content (AvgIpc) is 2.74. The summed E-state index contributed by atoms with van der Waals surface area (Å²) in [4.78, 5) is 44.5. The highest BCUT2D eigenvalue weighted by Crippen LogP contribution is 1.98. The number of rotatable bonds is 17. The fourth-order valence-corrected chi connectivity index (χ4v) is 2.00. The van der Waals surface area contributed by atoms with Crippen LogP contribution in [0, 0.1) is 0 Å². The van der Waals surface area contributed by atoms with Gasteiger partial charge in [0.15, 0.2) is 0 Å². The van der Waals surface area contributed by atoms with Gasteiger partial charge in [-0.05, 0) is 12.8 Å². The van der Waals surface area contributed by atoms with Gasteiger partial charge in [-0.25, -0.2) is 19.2 Å². The first-order valence-corrected chi connectivity index (χ1v) is 9.89. The van der Waals surface area contributed by atoms with Crippen LogP contribution in [0.15, 0.2) is 25.3 Å². The third-order valence-electron chi connectivity index (χ3n) is 3.51. The van der Waals surface area contributed by atoms with E-state index in [0.29, 0.717) is 25.9 Å². The zero-order valence-electron chi connectivity index (χ0n) is 17.3. The minimum absolute atomic E-state index is 0.165. The normalized spacial score (nSPS) is 9.73. The molecule has 0 fully saturated rings. The Morgan fingerprint density at radius 1 is 0.567 bits per heavy atom. The van der Waals surface area contributed by atoms with Crippen molar-refractivity contribution in [2.45, 2.75) is 38.5 Å². The molecular formula is C20H32N2O8. The first kappa shape index (κ1) is 27.0. The maximum Gasteiger partial charge on any atom is 0.407 e. The predicted molar refractivity (Wildman–Crippen MR) is 109 cm³/mol. The third kappa shape index (κ3) is 18.3. The van der Waals surface area contributed by atoms with Crippen LogP contribution < -0.4 is 10.6 Å². The number of unbranched alkanes of at least 4 members (excludes halogenated alkanes) is 3. The second-order valence-electron chi connectivity index (χ2n) is 5.99. The second kappa shape index (κ2) is 19.3. The molecule has 170 valence electrons. The lowest BCUT2D eigenvalue weighted by Gasteiger charge is -2.08. The summed E-state index contributed by atoms with van der Waals surface area (Å²) < 4.78 is 19.4. The lowest BCUT2D eigenvalue weighted by molar-refractivity contribution is -0.138. The molecule has 0 atom stereocenters. The number of hydrogen-bond donors (Lipinski definition) is 2. The number of esters is 2. The van der Waals surface area contributed by atoms with Crippen molar-refractivity contribution in [3.05, 3.63) is 25.3 Å². The van der Waals surface area contributed by atoms with E-state index in [1.807, 2.05) is 0 Å². The maximum atomic E-state index is 11.4. The molecule has 0 rings (SSSR count). The molecule has 0 heterocycles. The van der Waals surface area contributed by atoms with Crippen molar-refractivity contribution in [1.82, 2.24) is 10.6 Å². The van der Waals surface area contributed by atoms with E-state index in [1.54, 1.807) is 0 Å². The van der Waals surface area contributed by atoms with E-state index in [2.05, 4.69) is 23.8 Å². The van der Waals surface area contributed by atoms with Gasteiger partial charge in [-0.2, -0.15) is 0 Å². The molecule has 10 heteroatoms.